The highest BCUT2D eigenvalue weighted by Gasteiger charge is 2.15. The van der Waals surface area contributed by atoms with Crippen molar-refractivity contribution in [1.29, 1.82) is 0 Å². The Morgan fingerprint density at radius 1 is 1.00 bits per heavy atom. The van der Waals surface area contributed by atoms with Crippen LogP contribution in [0.2, 0.25) is 5.02 Å². The topological polar surface area (TPSA) is 111 Å². The van der Waals surface area contributed by atoms with Gasteiger partial charge in [0.2, 0.25) is 11.1 Å². The van der Waals surface area contributed by atoms with Crippen LogP contribution in [0.15, 0.2) is 36.4 Å². The first-order valence-electron chi connectivity index (χ1n) is 10.9. The zero-order valence-electron chi connectivity index (χ0n) is 19.8. The molecule has 0 radical (unpaired) electrons. The fourth-order valence-corrected chi connectivity index (χ4v) is 5.07. The first-order chi connectivity index (χ1) is 16.7. The van der Waals surface area contributed by atoms with Crippen molar-refractivity contribution in [3.05, 3.63) is 69.6 Å². The normalized spacial score (nSPS) is 13.1. The molecule has 0 amide bonds. The second-order valence-corrected chi connectivity index (χ2v) is 10.6. The number of nitrogens with zero attached hydrogens (tertiary/aromatic N) is 3. The lowest BCUT2D eigenvalue weighted by Crippen LogP contribution is -2.12. The van der Waals surface area contributed by atoms with Crippen LogP contribution in [-0.4, -0.2) is 34.0 Å². The first kappa shape index (κ1) is 25.2. The third-order valence-electron chi connectivity index (χ3n) is 5.33. The second-order valence-electron chi connectivity index (χ2n) is 8.19. The predicted molar refractivity (Wildman–Crippen MR) is 139 cm³/mol. The second kappa shape index (κ2) is 10.8. The summed E-state index contributed by atoms with van der Waals surface area (Å²) in [5.41, 5.74) is 4.62. The summed E-state index contributed by atoms with van der Waals surface area (Å²) in [6.07, 6.45) is 1.13. The first-order valence-corrected chi connectivity index (χ1v) is 13.6. The molecule has 0 saturated heterocycles. The summed E-state index contributed by atoms with van der Waals surface area (Å²) >= 11 is 2.81. The van der Waals surface area contributed by atoms with Gasteiger partial charge in [-0.3, -0.25) is 9.82 Å². The van der Waals surface area contributed by atoms with Crippen molar-refractivity contribution in [2.45, 2.75) is 40.5 Å². The molecule has 0 aliphatic carbocycles. The Bertz CT molecular complexity index is 1420. The largest absolute Gasteiger partial charge is 0.400 e. The number of halogens is 1. The molecule has 4 rings (SSSR count). The lowest BCUT2D eigenvalue weighted by Gasteiger charge is -2.12. The highest BCUT2D eigenvalue weighted by Crippen LogP contribution is 2.26. The van der Waals surface area contributed by atoms with E-state index in [2.05, 4.69) is 20.0 Å². The molecule has 2 aromatic carbocycles. The maximum absolute atomic E-state index is 12.6. The van der Waals surface area contributed by atoms with Gasteiger partial charge in [0, 0.05) is 12.5 Å². The SMILES string of the molecule is Cc1ccc(C)c(OS(=O)Nc2ccc(C)c(OS(=O)CCCc3nnc4c(Cl)c(C)[nH]n34)c2)c1. The monoisotopic (exact) mass is 535 g/mol. The lowest BCUT2D eigenvalue weighted by atomic mass is 10.1. The predicted octanol–water partition coefficient (Wildman–Crippen LogP) is 4.69. The van der Waals surface area contributed by atoms with Gasteiger partial charge in [-0.1, -0.05) is 29.8 Å². The Morgan fingerprint density at radius 2 is 1.71 bits per heavy atom. The van der Waals surface area contributed by atoms with E-state index in [1.54, 1.807) is 22.7 Å². The smallest absolute Gasteiger partial charge is 0.316 e. The summed E-state index contributed by atoms with van der Waals surface area (Å²) < 4.78 is 40.8. The molecule has 2 N–H and O–H groups in total. The summed E-state index contributed by atoms with van der Waals surface area (Å²) in [5.74, 6) is 2.00. The number of aromatic nitrogens is 4. The van der Waals surface area contributed by atoms with Gasteiger partial charge in [-0.05, 0) is 62.9 Å². The Balaban J connectivity index is 1.33. The van der Waals surface area contributed by atoms with Gasteiger partial charge in [0.05, 0.1) is 17.1 Å². The molecule has 2 unspecified atom stereocenters. The van der Waals surface area contributed by atoms with Gasteiger partial charge in [0.15, 0.2) is 11.5 Å². The van der Waals surface area contributed by atoms with Crippen molar-refractivity contribution in [1.82, 2.24) is 19.8 Å². The van der Waals surface area contributed by atoms with E-state index in [0.29, 0.717) is 52.3 Å². The maximum Gasteiger partial charge on any atom is 0.316 e. The summed E-state index contributed by atoms with van der Waals surface area (Å²) in [4.78, 5) is 0. The van der Waals surface area contributed by atoms with E-state index < -0.39 is 22.3 Å². The molecule has 0 aliphatic heterocycles. The molecule has 2 aromatic heterocycles. The van der Waals surface area contributed by atoms with Crippen LogP contribution in [0, 0.1) is 27.7 Å². The molecular weight excluding hydrogens is 510 g/mol. The Hall–Kier alpha value is -2.89. The molecule has 12 heteroatoms. The third kappa shape index (κ3) is 6.03. The fourth-order valence-electron chi connectivity index (χ4n) is 3.36. The number of aryl methyl sites for hydroxylation is 5. The number of benzene rings is 2. The van der Waals surface area contributed by atoms with E-state index in [0.717, 1.165) is 22.4 Å². The Morgan fingerprint density at radius 3 is 2.49 bits per heavy atom. The van der Waals surface area contributed by atoms with Gasteiger partial charge in [-0.15, -0.1) is 10.2 Å². The summed E-state index contributed by atoms with van der Waals surface area (Å²) in [5, 5.41) is 11.9. The molecule has 35 heavy (non-hydrogen) atoms. The van der Waals surface area contributed by atoms with E-state index in [4.69, 9.17) is 20.0 Å². The van der Waals surface area contributed by atoms with E-state index in [1.807, 2.05) is 45.9 Å². The van der Waals surface area contributed by atoms with Crippen LogP contribution in [0.4, 0.5) is 5.69 Å². The van der Waals surface area contributed by atoms with Gasteiger partial charge in [-0.2, -0.15) is 4.21 Å². The highest BCUT2D eigenvalue weighted by molar-refractivity contribution is 7.82. The molecule has 9 nitrogen and oxygen atoms in total. The molecule has 0 bridgehead atoms. The number of H-pyrrole nitrogens is 1. The number of hydrogen-bond acceptors (Lipinski definition) is 6. The standard InChI is InChI=1S/C23H26ClN5O4S2/c1-14-7-8-15(2)19(12-14)33-35(31)28-18-10-9-16(3)20(13-18)32-34(30)11-5-6-21-25-26-23-22(24)17(4)27-29(21)23/h7-10,12-13,27-28H,5-6,11H2,1-4H3. The van der Waals surface area contributed by atoms with Crippen molar-refractivity contribution in [3.63, 3.8) is 0 Å². The summed E-state index contributed by atoms with van der Waals surface area (Å²) in [6.45, 7) is 7.54. The van der Waals surface area contributed by atoms with E-state index in [9.17, 15) is 8.42 Å². The van der Waals surface area contributed by atoms with Gasteiger partial charge in [0.1, 0.15) is 16.5 Å². The average molecular weight is 536 g/mol. The minimum absolute atomic E-state index is 0.307. The highest BCUT2D eigenvalue weighted by atomic mass is 35.5. The number of anilines is 1. The van der Waals surface area contributed by atoms with Gasteiger partial charge >= 0.3 is 11.3 Å². The molecule has 0 spiro atoms. The number of rotatable bonds is 10. The van der Waals surface area contributed by atoms with Crippen LogP contribution in [0.1, 0.15) is 34.6 Å². The molecule has 0 fully saturated rings. The Kier molecular flexibility index (Phi) is 7.78. The molecule has 0 saturated carbocycles. The van der Waals surface area contributed by atoms with Gasteiger partial charge in [0.25, 0.3) is 0 Å². The molecule has 186 valence electrons. The van der Waals surface area contributed by atoms with Gasteiger partial charge < -0.3 is 8.37 Å². The van der Waals surface area contributed by atoms with Crippen LogP contribution in [-0.2, 0) is 28.8 Å². The van der Waals surface area contributed by atoms with Crippen LogP contribution in [0.5, 0.6) is 11.5 Å². The maximum atomic E-state index is 12.6. The molecule has 4 aromatic rings. The number of hydrogen-bond donors (Lipinski definition) is 2. The molecule has 2 heterocycles. The molecular formula is C23H26ClN5O4S2. The van der Waals surface area contributed by atoms with Crippen molar-refractivity contribution < 1.29 is 16.8 Å². The van der Waals surface area contributed by atoms with Crippen molar-refractivity contribution in [3.8, 4) is 11.5 Å². The van der Waals surface area contributed by atoms with E-state index in [-0.39, 0.29) is 0 Å². The van der Waals surface area contributed by atoms with Gasteiger partial charge in [-0.25, -0.2) is 8.72 Å². The number of nitrogens with one attached hydrogen (secondary N) is 2. The Labute approximate surface area is 213 Å². The number of fused-ring (bicyclic) bond motifs is 1. The minimum Gasteiger partial charge on any atom is -0.400 e. The summed E-state index contributed by atoms with van der Waals surface area (Å²) in [6, 6.07) is 10.9. The van der Waals surface area contributed by atoms with E-state index >= 15 is 0 Å². The van der Waals surface area contributed by atoms with Crippen LogP contribution in [0.3, 0.4) is 0 Å². The van der Waals surface area contributed by atoms with Crippen LogP contribution >= 0.6 is 11.6 Å². The van der Waals surface area contributed by atoms with E-state index in [1.165, 1.54) is 0 Å². The number of aromatic amines is 1. The summed E-state index contributed by atoms with van der Waals surface area (Å²) in [7, 11) is 0. The quantitative estimate of drug-likeness (QED) is 0.305. The zero-order chi connectivity index (χ0) is 25.1. The van der Waals surface area contributed by atoms with Crippen molar-refractivity contribution in [2.75, 3.05) is 10.5 Å². The fraction of sp³-hybridized carbons (Fsp3) is 0.304. The lowest BCUT2D eigenvalue weighted by molar-refractivity contribution is 0.556. The third-order valence-corrected chi connectivity index (χ3v) is 7.50. The minimum atomic E-state index is -1.81. The molecule has 2 atom stereocenters. The van der Waals surface area contributed by atoms with Crippen LogP contribution < -0.4 is 13.1 Å². The average Bonchev–Trinajstić information content (AvgIpc) is 3.32. The van der Waals surface area contributed by atoms with Crippen molar-refractivity contribution in [2.24, 2.45) is 0 Å². The molecule has 0 aliphatic rings. The zero-order valence-corrected chi connectivity index (χ0v) is 22.1. The van der Waals surface area contributed by atoms with Crippen molar-refractivity contribution >= 4 is 45.3 Å². The van der Waals surface area contributed by atoms with Crippen LogP contribution in [0.25, 0.3) is 5.65 Å².